The van der Waals surface area contributed by atoms with Gasteiger partial charge in [0, 0.05) is 35.6 Å². The number of pyridine rings is 1. The Kier molecular flexibility index (Phi) is 4.03. The molecule has 4 aromatic rings. The van der Waals surface area contributed by atoms with E-state index < -0.39 is 10.0 Å². The van der Waals surface area contributed by atoms with Gasteiger partial charge in [0.1, 0.15) is 7.85 Å². The van der Waals surface area contributed by atoms with Gasteiger partial charge in [0.2, 0.25) is 0 Å². The molecule has 0 spiro atoms. The van der Waals surface area contributed by atoms with Crippen LogP contribution in [0.2, 0.25) is 0 Å². The van der Waals surface area contributed by atoms with E-state index in [4.69, 9.17) is 7.85 Å². The third-order valence-electron chi connectivity index (χ3n) is 5.34. The highest BCUT2D eigenvalue weighted by molar-refractivity contribution is 7.90. The van der Waals surface area contributed by atoms with Crippen LogP contribution in [0, 0.1) is 6.92 Å². The van der Waals surface area contributed by atoms with Crippen molar-refractivity contribution in [3.63, 3.8) is 0 Å². The second-order valence-electron chi connectivity index (χ2n) is 7.35. The van der Waals surface area contributed by atoms with E-state index in [2.05, 4.69) is 16.4 Å². The van der Waals surface area contributed by atoms with Gasteiger partial charge >= 0.3 is 0 Å². The highest BCUT2D eigenvalue weighted by Crippen LogP contribution is 2.34. The summed E-state index contributed by atoms with van der Waals surface area (Å²) in [4.78, 5) is 4.58. The van der Waals surface area contributed by atoms with Crippen molar-refractivity contribution in [1.82, 2.24) is 8.96 Å². The molecule has 2 aromatic carbocycles. The average molecular weight is 399 g/mol. The quantitative estimate of drug-likeness (QED) is 0.538. The van der Waals surface area contributed by atoms with E-state index in [1.54, 1.807) is 36.5 Å². The Morgan fingerprint density at radius 3 is 2.69 bits per heavy atom. The number of anilines is 1. The van der Waals surface area contributed by atoms with Gasteiger partial charge in [-0.3, -0.25) is 0 Å². The lowest BCUT2D eigenvalue weighted by Crippen LogP contribution is -2.13. The van der Waals surface area contributed by atoms with Gasteiger partial charge in [-0.15, -0.1) is 0 Å². The summed E-state index contributed by atoms with van der Waals surface area (Å²) in [6.45, 7) is 2.84. The van der Waals surface area contributed by atoms with Crippen LogP contribution in [0.15, 0.2) is 65.8 Å². The van der Waals surface area contributed by atoms with Gasteiger partial charge in [-0.1, -0.05) is 35.3 Å². The Hall–Kier alpha value is -3.06. The van der Waals surface area contributed by atoms with E-state index in [9.17, 15) is 8.42 Å². The van der Waals surface area contributed by atoms with Crippen molar-refractivity contribution in [3.8, 4) is 11.1 Å². The van der Waals surface area contributed by atoms with Gasteiger partial charge < -0.3 is 5.32 Å². The lowest BCUT2D eigenvalue weighted by Gasteiger charge is -2.07. The molecule has 0 unspecified atom stereocenters. The van der Waals surface area contributed by atoms with Gasteiger partial charge in [-0.25, -0.2) is 17.4 Å². The van der Waals surface area contributed by atoms with E-state index in [0.29, 0.717) is 16.5 Å². The Labute approximate surface area is 170 Å². The van der Waals surface area contributed by atoms with Crippen molar-refractivity contribution in [1.29, 1.82) is 0 Å². The first-order chi connectivity index (χ1) is 13.9. The molecule has 0 amide bonds. The summed E-state index contributed by atoms with van der Waals surface area (Å²) in [5, 5.41) is 4.06. The van der Waals surface area contributed by atoms with Crippen molar-refractivity contribution >= 4 is 40.1 Å². The van der Waals surface area contributed by atoms with Crippen LogP contribution < -0.4 is 10.8 Å². The molecule has 1 aliphatic rings. The van der Waals surface area contributed by atoms with Crippen LogP contribution in [-0.2, 0) is 16.4 Å². The Morgan fingerprint density at radius 1 is 1.10 bits per heavy atom. The van der Waals surface area contributed by atoms with Crippen molar-refractivity contribution in [2.45, 2.75) is 18.2 Å². The molecule has 7 heteroatoms. The molecule has 142 valence electrons. The maximum atomic E-state index is 13.4. The van der Waals surface area contributed by atoms with E-state index in [0.717, 1.165) is 35.3 Å². The molecule has 0 bridgehead atoms. The van der Waals surface area contributed by atoms with E-state index in [1.807, 2.05) is 19.1 Å². The van der Waals surface area contributed by atoms with Gasteiger partial charge in [0.05, 0.1) is 4.90 Å². The minimum absolute atomic E-state index is 0.225. The molecule has 1 aliphatic heterocycles. The lowest BCUT2D eigenvalue weighted by atomic mass is 9.95. The SMILES string of the molecule is [B]c1cnc2c(c1)c(-c1ccc3c(c1)CCN3)cn2S(=O)(=O)c1ccc(C)cc1. The molecular formula is C22H18BN3O2S. The van der Waals surface area contributed by atoms with Crippen molar-refractivity contribution in [2.75, 3.05) is 11.9 Å². The maximum Gasteiger partial charge on any atom is 0.269 e. The second kappa shape index (κ2) is 6.49. The minimum Gasteiger partial charge on any atom is -0.384 e. The number of rotatable bonds is 3. The smallest absolute Gasteiger partial charge is 0.269 e. The van der Waals surface area contributed by atoms with Gasteiger partial charge in [0.15, 0.2) is 5.65 Å². The van der Waals surface area contributed by atoms with Crippen molar-refractivity contribution < 1.29 is 8.42 Å². The molecule has 0 atom stereocenters. The minimum atomic E-state index is -3.79. The summed E-state index contributed by atoms with van der Waals surface area (Å²) in [5.41, 5.74) is 5.96. The summed E-state index contributed by atoms with van der Waals surface area (Å²) >= 11 is 0. The normalized spacial score (nSPS) is 13.4. The summed E-state index contributed by atoms with van der Waals surface area (Å²) in [6, 6.07) is 14.7. The topological polar surface area (TPSA) is 64.0 Å². The van der Waals surface area contributed by atoms with Gasteiger partial charge in [0.25, 0.3) is 10.0 Å². The number of nitrogens with zero attached hydrogens (tertiary/aromatic N) is 2. The number of nitrogens with one attached hydrogen (secondary N) is 1. The lowest BCUT2D eigenvalue weighted by molar-refractivity contribution is 0.589. The number of hydrogen-bond donors (Lipinski definition) is 1. The predicted octanol–water partition coefficient (Wildman–Crippen LogP) is 3.01. The van der Waals surface area contributed by atoms with E-state index in [1.165, 1.54) is 15.7 Å². The molecule has 29 heavy (non-hydrogen) atoms. The number of aromatic nitrogens is 2. The van der Waals surface area contributed by atoms with Crippen molar-refractivity contribution in [3.05, 3.63) is 72.1 Å². The van der Waals surface area contributed by atoms with Gasteiger partial charge in [-0.05, 0) is 48.7 Å². The summed E-state index contributed by atoms with van der Waals surface area (Å²) < 4.78 is 28.0. The Balaban J connectivity index is 1.75. The zero-order valence-corrected chi connectivity index (χ0v) is 16.7. The third-order valence-corrected chi connectivity index (χ3v) is 7.00. The van der Waals surface area contributed by atoms with Crippen molar-refractivity contribution in [2.24, 2.45) is 0 Å². The predicted molar refractivity (Wildman–Crippen MR) is 117 cm³/mol. The molecule has 1 N–H and O–H groups in total. The second-order valence-corrected chi connectivity index (χ2v) is 9.16. The fourth-order valence-corrected chi connectivity index (χ4v) is 5.13. The van der Waals surface area contributed by atoms with Crippen LogP contribution in [0.3, 0.4) is 0 Å². The molecule has 0 fully saturated rings. The van der Waals surface area contributed by atoms with Crippen LogP contribution in [0.25, 0.3) is 22.2 Å². The van der Waals surface area contributed by atoms with Crippen LogP contribution >= 0.6 is 0 Å². The van der Waals surface area contributed by atoms with Gasteiger partial charge in [-0.2, -0.15) is 0 Å². The number of fused-ring (bicyclic) bond motifs is 2. The fraction of sp³-hybridized carbons (Fsp3) is 0.136. The molecule has 0 saturated carbocycles. The Bertz CT molecular complexity index is 1360. The first-order valence-electron chi connectivity index (χ1n) is 9.39. The highest BCUT2D eigenvalue weighted by atomic mass is 32.2. The standard InChI is InChI=1S/C22H18BN3O2S/c1-14-2-5-18(6-3-14)29(27,28)26-13-20(19-11-17(23)12-25-22(19)26)15-4-7-21-16(10-15)8-9-24-21/h2-7,10-13,24H,8-9H2,1H3. The molecular weight excluding hydrogens is 381 g/mol. The highest BCUT2D eigenvalue weighted by Gasteiger charge is 2.23. The van der Waals surface area contributed by atoms with E-state index >= 15 is 0 Å². The molecule has 3 heterocycles. The zero-order valence-electron chi connectivity index (χ0n) is 15.9. The molecule has 0 aliphatic carbocycles. The summed E-state index contributed by atoms with van der Waals surface area (Å²) in [5.74, 6) is 0. The van der Waals surface area contributed by atoms with Crippen LogP contribution in [0.5, 0.6) is 0 Å². The summed E-state index contributed by atoms with van der Waals surface area (Å²) in [7, 11) is 2.18. The van der Waals surface area contributed by atoms with E-state index in [-0.39, 0.29) is 4.90 Å². The summed E-state index contributed by atoms with van der Waals surface area (Å²) in [6.07, 6.45) is 4.08. The fourth-order valence-electron chi connectivity index (χ4n) is 3.80. The molecule has 5 rings (SSSR count). The first kappa shape index (κ1) is 18.0. The van der Waals surface area contributed by atoms with Crippen LogP contribution in [0.4, 0.5) is 5.69 Å². The number of aryl methyl sites for hydroxylation is 1. The molecule has 2 aromatic heterocycles. The molecule has 2 radical (unpaired) electrons. The average Bonchev–Trinajstić information content (AvgIpc) is 3.32. The largest absolute Gasteiger partial charge is 0.384 e. The molecule has 5 nitrogen and oxygen atoms in total. The zero-order chi connectivity index (χ0) is 20.2. The molecule has 0 saturated heterocycles. The van der Waals surface area contributed by atoms with Crippen LogP contribution in [-0.4, -0.2) is 31.8 Å². The first-order valence-corrected chi connectivity index (χ1v) is 10.8. The third kappa shape index (κ3) is 2.93. The van der Waals surface area contributed by atoms with Crippen LogP contribution in [0.1, 0.15) is 11.1 Å². The number of benzene rings is 2. The maximum absolute atomic E-state index is 13.4. The number of hydrogen-bond acceptors (Lipinski definition) is 4. The monoisotopic (exact) mass is 399 g/mol. The Morgan fingerprint density at radius 2 is 1.90 bits per heavy atom.